The van der Waals surface area contributed by atoms with Gasteiger partial charge in [0.2, 0.25) is 0 Å². The van der Waals surface area contributed by atoms with E-state index in [-0.39, 0.29) is 5.82 Å². The number of fused-ring (bicyclic) bond motifs is 1. The quantitative estimate of drug-likeness (QED) is 0.840. The van der Waals surface area contributed by atoms with E-state index in [1.54, 1.807) is 6.07 Å². The van der Waals surface area contributed by atoms with Crippen molar-refractivity contribution in [3.05, 3.63) is 47.8 Å². The lowest BCUT2D eigenvalue weighted by molar-refractivity contribution is 0.595. The van der Waals surface area contributed by atoms with E-state index in [1.807, 2.05) is 18.2 Å². The van der Waals surface area contributed by atoms with Gasteiger partial charge in [0.25, 0.3) is 0 Å². The van der Waals surface area contributed by atoms with E-state index in [9.17, 15) is 4.39 Å². The molecule has 0 aliphatic rings. The van der Waals surface area contributed by atoms with Crippen LogP contribution in [0.4, 0.5) is 4.39 Å². The molecule has 2 aromatic carbocycles. The zero-order valence-electron chi connectivity index (χ0n) is 9.41. The van der Waals surface area contributed by atoms with Crippen molar-refractivity contribution in [2.75, 3.05) is 6.54 Å². The Bertz CT molecular complexity index is 493. The van der Waals surface area contributed by atoms with Crippen LogP contribution in [0, 0.1) is 11.7 Å². The highest BCUT2D eigenvalue weighted by Crippen LogP contribution is 2.22. The second kappa shape index (κ2) is 4.62. The van der Waals surface area contributed by atoms with E-state index in [0.717, 1.165) is 17.2 Å². The molecule has 0 saturated heterocycles. The molecule has 0 fully saturated rings. The van der Waals surface area contributed by atoms with Crippen molar-refractivity contribution in [3.63, 3.8) is 0 Å². The zero-order chi connectivity index (χ0) is 11.5. The van der Waals surface area contributed by atoms with Crippen molar-refractivity contribution >= 4 is 10.8 Å². The summed E-state index contributed by atoms with van der Waals surface area (Å²) in [4.78, 5) is 0. The third-order valence-electron chi connectivity index (χ3n) is 2.90. The number of benzene rings is 2. The molecule has 16 heavy (non-hydrogen) atoms. The topological polar surface area (TPSA) is 26.0 Å². The smallest absolute Gasteiger partial charge is 0.123 e. The van der Waals surface area contributed by atoms with Gasteiger partial charge >= 0.3 is 0 Å². The van der Waals surface area contributed by atoms with Crippen molar-refractivity contribution in [1.82, 2.24) is 0 Å². The van der Waals surface area contributed by atoms with Crippen molar-refractivity contribution < 1.29 is 4.39 Å². The van der Waals surface area contributed by atoms with Gasteiger partial charge in [-0.25, -0.2) is 4.39 Å². The van der Waals surface area contributed by atoms with Crippen LogP contribution in [0.1, 0.15) is 12.5 Å². The first-order valence-electron chi connectivity index (χ1n) is 5.58. The number of nitrogens with two attached hydrogens (primary N) is 1. The summed E-state index contributed by atoms with van der Waals surface area (Å²) in [5.74, 6) is 0.271. The average Bonchev–Trinajstić information content (AvgIpc) is 2.28. The summed E-state index contributed by atoms with van der Waals surface area (Å²) in [5, 5.41) is 2.09. The molecule has 2 heteroatoms. The molecule has 0 bridgehead atoms. The van der Waals surface area contributed by atoms with Gasteiger partial charge in [0.15, 0.2) is 0 Å². The van der Waals surface area contributed by atoms with Crippen molar-refractivity contribution in [1.29, 1.82) is 0 Å². The first-order valence-corrected chi connectivity index (χ1v) is 5.58. The Morgan fingerprint density at radius 1 is 1.25 bits per heavy atom. The summed E-state index contributed by atoms with van der Waals surface area (Å²) in [6.07, 6.45) is 0.944. The minimum atomic E-state index is -0.184. The molecule has 0 saturated carbocycles. The summed E-state index contributed by atoms with van der Waals surface area (Å²) in [5.41, 5.74) is 6.87. The van der Waals surface area contributed by atoms with Gasteiger partial charge < -0.3 is 5.73 Å². The highest BCUT2D eigenvalue weighted by Gasteiger charge is 2.05. The van der Waals surface area contributed by atoms with Crippen LogP contribution in [0.2, 0.25) is 0 Å². The van der Waals surface area contributed by atoms with Crippen LogP contribution in [0.25, 0.3) is 10.8 Å². The standard InChI is InChI=1S/C14H16FN/c1-10(9-16)7-11-3-2-4-12-8-13(15)5-6-14(11)12/h2-6,8,10H,7,9,16H2,1H3. The number of rotatable bonds is 3. The van der Waals surface area contributed by atoms with Gasteiger partial charge in [-0.1, -0.05) is 31.2 Å². The fraction of sp³-hybridized carbons (Fsp3) is 0.286. The lowest BCUT2D eigenvalue weighted by Crippen LogP contribution is -2.13. The minimum Gasteiger partial charge on any atom is -0.330 e. The first kappa shape index (κ1) is 11.1. The van der Waals surface area contributed by atoms with Crippen LogP contribution in [-0.2, 0) is 6.42 Å². The van der Waals surface area contributed by atoms with Crippen molar-refractivity contribution in [3.8, 4) is 0 Å². The predicted molar refractivity (Wildman–Crippen MR) is 65.8 cm³/mol. The van der Waals surface area contributed by atoms with Gasteiger partial charge in [0, 0.05) is 0 Å². The van der Waals surface area contributed by atoms with E-state index in [0.29, 0.717) is 12.5 Å². The minimum absolute atomic E-state index is 0.184. The molecular weight excluding hydrogens is 201 g/mol. The third-order valence-corrected chi connectivity index (χ3v) is 2.90. The molecule has 2 aromatic rings. The van der Waals surface area contributed by atoms with Crippen molar-refractivity contribution in [2.24, 2.45) is 11.7 Å². The van der Waals surface area contributed by atoms with Crippen LogP contribution >= 0.6 is 0 Å². The summed E-state index contributed by atoms with van der Waals surface area (Å²) in [6, 6.07) is 10.9. The maximum absolute atomic E-state index is 13.1. The molecule has 1 nitrogen and oxygen atoms in total. The Morgan fingerprint density at radius 3 is 2.81 bits per heavy atom. The highest BCUT2D eigenvalue weighted by molar-refractivity contribution is 5.85. The number of hydrogen-bond donors (Lipinski definition) is 1. The number of hydrogen-bond acceptors (Lipinski definition) is 1. The molecule has 1 atom stereocenters. The number of halogens is 1. The predicted octanol–water partition coefficient (Wildman–Crippen LogP) is 3.12. The van der Waals surface area contributed by atoms with Crippen LogP contribution in [-0.4, -0.2) is 6.54 Å². The molecular formula is C14H16FN. The fourth-order valence-corrected chi connectivity index (χ4v) is 1.96. The Morgan fingerprint density at radius 2 is 2.06 bits per heavy atom. The van der Waals surface area contributed by atoms with Crippen molar-refractivity contribution in [2.45, 2.75) is 13.3 Å². The lowest BCUT2D eigenvalue weighted by Gasteiger charge is -2.11. The van der Waals surface area contributed by atoms with Gasteiger partial charge in [-0.3, -0.25) is 0 Å². The molecule has 1 unspecified atom stereocenters. The molecule has 0 spiro atoms. The zero-order valence-corrected chi connectivity index (χ0v) is 9.41. The van der Waals surface area contributed by atoms with Crippen LogP contribution < -0.4 is 5.73 Å². The molecule has 0 amide bonds. The second-order valence-corrected chi connectivity index (χ2v) is 4.33. The summed E-state index contributed by atoms with van der Waals surface area (Å²) in [6.45, 7) is 2.81. The van der Waals surface area contributed by atoms with Gasteiger partial charge in [-0.05, 0) is 47.4 Å². The van der Waals surface area contributed by atoms with E-state index in [4.69, 9.17) is 5.73 Å². The van der Waals surface area contributed by atoms with Crippen LogP contribution in [0.15, 0.2) is 36.4 Å². The van der Waals surface area contributed by atoms with Gasteiger partial charge in [-0.2, -0.15) is 0 Å². The summed E-state index contributed by atoms with van der Waals surface area (Å²) < 4.78 is 13.1. The molecule has 2 rings (SSSR count). The van der Waals surface area contributed by atoms with Crippen LogP contribution in [0.5, 0.6) is 0 Å². The molecule has 0 heterocycles. The molecule has 2 N–H and O–H groups in total. The van der Waals surface area contributed by atoms with E-state index >= 15 is 0 Å². The Hall–Kier alpha value is -1.41. The molecule has 0 radical (unpaired) electrons. The van der Waals surface area contributed by atoms with Gasteiger partial charge in [0.05, 0.1) is 0 Å². The van der Waals surface area contributed by atoms with E-state index in [1.165, 1.54) is 11.6 Å². The lowest BCUT2D eigenvalue weighted by atomic mass is 9.96. The third kappa shape index (κ3) is 2.22. The van der Waals surface area contributed by atoms with Gasteiger partial charge in [0.1, 0.15) is 5.82 Å². The average molecular weight is 217 g/mol. The Balaban J connectivity index is 2.45. The fourth-order valence-electron chi connectivity index (χ4n) is 1.96. The Kier molecular flexibility index (Phi) is 3.20. The SMILES string of the molecule is CC(CN)Cc1cccc2cc(F)ccc12. The van der Waals surface area contributed by atoms with E-state index < -0.39 is 0 Å². The second-order valence-electron chi connectivity index (χ2n) is 4.33. The largest absolute Gasteiger partial charge is 0.330 e. The van der Waals surface area contributed by atoms with E-state index in [2.05, 4.69) is 13.0 Å². The summed E-state index contributed by atoms with van der Waals surface area (Å²) in [7, 11) is 0. The van der Waals surface area contributed by atoms with Gasteiger partial charge in [-0.15, -0.1) is 0 Å². The maximum Gasteiger partial charge on any atom is 0.123 e. The first-order chi connectivity index (χ1) is 7.70. The maximum atomic E-state index is 13.1. The monoisotopic (exact) mass is 217 g/mol. The van der Waals surface area contributed by atoms with Crippen LogP contribution in [0.3, 0.4) is 0 Å². The molecule has 0 aromatic heterocycles. The highest BCUT2D eigenvalue weighted by atomic mass is 19.1. The normalized spacial score (nSPS) is 12.9. The molecule has 0 aliphatic heterocycles. The molecule has 0 aliphatic carbocycles. The Labute approximate surface area is 95.1 Å². The molecule has 84 valence electrons. The summed E-state index contributed by atoms with van der Waals surface area (Å²) >= 11 is 0.